The van der Waals surface area contributed by atoms with E-state index in [1.165, 1.54) is 0 Å². The molecule has 1 aromatic carbocycles. The SMILES string of the molecule is Cc1nsc(NC(=O)N[C@@H](C)c2nc(-c3ccccc3C)no2)n1. The molecular weight excluding hydrogens is 328 g/mol. The zero-order chi connectivity index (χ0) is 17.1. The van der Waals surface area contributed by atoms with E-state index in [0.717, 1.165) is 22.7 Å². The average Bonchev–Trinajstić information content (AvgIpc) is 3.17. The summed E-state index contributed by atoms with van der Waals surface area (Å²) >= 11 is 1.12. The summed E-state index contributed by atoms with van der Waals surface area (Å²) in [5.74, 6) is 1.44. The van der Waals surface area contributed by atoms with Gasteiger partial charge in [-0.3, -0.25) is 5.32 Å². The molecule has 0 saturated heterocycles. The molecule has 2 heterocycles. The van der Waals surface area contributed by atoms with Gasteiger partial charge in [0.2, 0.25) is 16.8 Å². The average molecular weight is 344 g/mol. The smallest absolute Gasteiger partial charge is 0.321 e. The Morgan fingerprint density at radius 2 is 2.04 bits per heavy atom. The molecule has 3 aromatic rings. The third-order valence-electron chi connectivity index (χ3n) is 3.29. The molecule has 0 aliphatic heterocycles. The summed E-state index contributed by atoms with van der Waals surface area (Å²) in [4.78, 5) is 20.4. The standard InChI is InChI=1S/C15H16N6O2S/c1-8-6-4-5-7-11(8)12-18-13(23-20-12)9(2)16-14(22)19-15-17-10(3)21-24-15/h4-7,9H,1-3H3,(H2,16,17,19,21,22)/t9-/m0/s1. The van der Waals surface area contributed by atoms with Gasteiger partial charge in [0.15, 0.2) is 0 Å². The highest BCUT2D eigenvalue weighted by atomic mass is 32.1. The number of aryl methyl sites for hydroxylation is 2. The Labute approximate surface area is 142 Å². The van der Waals surface area contributed by atoms with Crippen molar-refractivity contribution in [3.05, 3.63) is 41.5 Å². The van der Waals surface area contributed by atoms with E-state index in [1.54, 1.807) is 13.8 Å². The molecule has 8 nitrogen and oxygen atoms in total. The van der Waals surface area contributed by atoms with E-state index in [-0.39, 0.29) is 0 Å². The van der Waals surface area contributed by atoms with E-state index in [9.17, 15) is 4.79 Å². The number of nitrogens with zero attached hydrogens (tertiary/aromatic N) is 4. The summed E-state index contributed by atoms with van der Waals surface area (Å²) in [5, 5.41) is 9.76. The Kier molecular flexibility index (Phi) is 4.52. The normalized spacial score (nSPS) is 12.0. The number of urea groups is 1. The third kappa shape index (κ3) is 3.57. The Hall–Kier alpha value is -2.81. The van der Waals surface area contributed by atoms with E-state index < -0.39 is 12.1 Å². The van der Waals surface area contributed by atoms with Gasteiger partial charge in [-0.05, 0) is 26.3 Å². The lowest BCUT2D eigenvalue weighted by molar-refractivity contribution is 0.245. The molecule has 24 heavy (non-hydrogen) atoms. The van der Waals surface area contributed by atoms with Gasteiger partial charge in [0.25, 0.3) is 0 Å². The first kappa shape index (κ1) is 16.1. The van der Waals surface area contributed by atoms with Crippen molar-refractivity contribution in [3.8, 4) is 11.4 Å². The van der Waals surface area contributed by atoms with Crippen LogP contribution in [-0.4, -0.2) is 25.5 Å². The molecule has 2 N–H and O–H groups in total. The first-order valence-corrected chi connectivity index (χ1v) is 8.07. The van der Waals surface area contributed by atoms with Gasteiger partial charge in [0, 0.05) is 17.1 Å². The second-order valence-corrected chi connectivity index (χ2v) is 5.99. The van der Waals surface area contributed by atoms with Crippen LogP contribution in [0.1, 0.15) is 30.2 Å². The summed E-state index contributed by atoms with van der Waals surface area (Å²) < 4.78 is 9.26. The maximum absolute atomic E-state index is 12.0. The Morgan fingerprint density at radius 1 is 1.25 bits per heavy atom. The first-order chi connectivity index (χ1) is 11.5. The fourth-order valence-corrected chi connectivity index (χ4v) is 2.65. The number of hydrogen-bond donors (Lipinski definition) is 2. The second-order valence-electron chi connectivity index (χ2n) is 5.24. The number of anilines is 1. The molecule has 0 fully saturated rings. The van der Waals surface area contributed by atoms with Gasteiger partial charge in [0.1, 0.15) is 11.9 Å². The van der Waals surface area contributed by atoms with Crippen LogP contribution in [0.4, 0.5) is 9.93 Å². The third-order valence-corrected chi connectivity index (χ3v) is 4.02. The molecule has 1 atom stereocenters. The van der Waals surface area contributed by atoms with Crippen molar-refractivity contribution in [1.82, 2.24) is 24.8 Å². The van der Waals surface area contributed by atoms with Crippen LogP contribution in [0, 0.1) is 13.8 Å². The Bertz CT molecular complexity index is 859. The van der Waals surface area contributed by atoms with Gasteiger partial charge in [-0.15, -0.1) is 0 Å². The minimum atomic E-state index is -0.440. The summed E-state index contributed by atoms with van der Waals surface area (Å²) in [6, 6.07) is 6.91. The number of carbonyl (C=O) groups is 1. The molecule has 0 aliphatic carbocycles. The van der Waals surface area contributed by atoms with E-state index >= 15 is 0 Å². The van der Waals surface area contributed by atoms with Gasteiger partial charge in [-0.25, -0.2) is 9.78 Å². The highest BCUT2D eigenvalue weighted by Crippen LogP contribution is 2.21. The fourth-order valence-electron chi connectivity index (χ4n) is 2.08. The van der Waals surface area contributed by atoms with E-state index in [2.05, 4.69) is 30.1 Å². The molecule has 0 spiro atoms. The van der Waals surface area contributed by atoms with Gasteiger partial charge < -0.3 is 9.84 Å². The Balaban J connectivity index is 1.66. The van der Waals surface area contributed by atoms with E-state index in [4.69, 9.17) is 4.52 Å². The molecule has 9 heteroatoms. The predicted molar refractivity (Wildman–Crippen MR) is 89.7 cm³/mol. The number of aromatic nitrogens is 4. The monoisotopic (exact) mass is 344 g/mol. The van der Waals surface area contributed by atoms with Gasteiger partial charge in [0.05, 0.1) is 0 Å². The number of rotatable bonds is 4. The number of hydrogen-bond acceptors (Lipinski definition) is 7. The second kappa shape index (κ2) is 6.75. The van der Waals surface area contributed by atoms with Crippen molar-refractivity contribution in [2.75, 3.05) is 5.32 Å². The maximum atomic E-state index is 12.0. The summed E-state index contributed by atoms with van der Waals surface area (Å²) in [6.45, 7) is 5.50. The van der Waals surface area contributed by atoms with Crippen LogP contribution in [0.5, 0.6) is 0 Å². The van der Waals surface area contributed by atoms with Crippen molar-refractivity contribution in [2.24, 2.45) is 0 Å². The molecule has 0 unspecified atom stereocenters. The summed E-state index contributed by atoms with van der Waals surface area (Å²) in [7, 11) is 0. The van der Waals surface area contributed by atoms with Crippen LogP contribution in [0.2, 0.25) is 0 Å². The summed E-state index contributed by atoms with van der Waals surface area (Å²) in [5.41, 5.74) is 1.95. The van der Waals surface area contributed by atoms with Crippen molar-refractivity contribution in [1.29, 1.82) is 0 Å². The van der Waals surface area contributed by atoms with Crippen LogP contribution in [0.25, 0.3) is 11.4 Å². The molecule has 2 aromatic heterocycles. The molecule has 3 rings (SSSR count). The molecule has 0 radical (unpaired) electrons. The van der Waals surface area contributed by atoms with Crippen molar-refractivity contribution in [3.63, 3.8) is 0 Å². The van der Waals surface area contributed by atoms with E-state index in [0.29, 0.717) is 22.7 Å². The highest BCUT2D eigenvalue weighted by molar-refractivity contribution is 7.09. The van der Waals surface area contributed by atoms with Crippen LogP contribution in [0.3, 0.4) is 0 Å². The number of benzene rings is 1. The Morgan fingerprint density at radius 3 is 2.75 bits per heavy atom. The van der Waals surface area contributed by atoms with Crippen molar-refractivity contribution in [2.45, 2.75) is 26.8 Å². The molecular formula is C15H16N6O2S. The molecule has 2 amide bonds. The quantitative estimate of drug-likeness (QED) is 0.753. The zero-order valence-electron chi connectivity index (χ0n) is 13.4. The fraction of sp³-hybridized carbons (Fsp3) is 0.267. The van der Waals surface area contributed by atoms with Crippen molar-refractivity contribution >= 4 is 22.7 Å². The minimum Gasteiger partial charge on any atom is -0.337 e. The first-order valence-electron chi connectivity index (χ1n) is 7.30. The van der Waals surface area contributed by atoms with Gasteiger partial charge in [-0.2, -0.15) is 9.36 Å². The van der Waals surface area contributed by atoms with Gasteiger partial charge in [-0.1, -0.05) is 29.4 Å². The van der Waals surface area contributed by atoms with Crippen LogP contribution in [-0.2, 0) is 0 Å². The lowest BCUT2D eigenvalue weighted by atomic mass is 10.1. The van der Waals surface area contributed by atoms with Crippen LogP contribution < -0.4 is 10.6 Å². The largest absolute Gasteiger partial charge is 0.337 e. The number of carbonyl (C=O) groups excluding carboxylic acids is 1. The number of amides is 2. The van der Waals surface area contributed by atoms with Crippen LogP contribution >= 0.6 is 11.5 Å². The molecule has 0 saturated carbocycles. The van der Waals surface area contributed by atoms with E-state index in [1.807, 2.05) is 31.2 Å². The lowest BCUT2D eigenvalue weighted by Gasteiger charge is -2.09. The van der Waals surface area contributed by atoms with Gasteiger partial charge >= 0.3 is 6.03 Å². The van der Waals surface area contributed by atoms with Crippen LogP contribution in [0.15, 0.2) is 28.8 Å². The minimum absolute atomic E-state index is 0.330. The molecule has 0 bridgehead atoms. The molecule has 124 valence electrons. The predicted octanol–water partition coefficient (Wildman–Crippen LogP) is 3.09. The zero-order valence-corrected chi connectivity index (χ0v) is 14.2. The lowest BCUT2D eigenvalue weighted by Crippen LogP contribution is -2.31. The highest BCUT2D eigenvalue weighted by Gasteiger charge is 2.18. The maximum Gasteiger partial charge on any atom is 0.321 e. The topological polar surface area (TPSA) is 106 Å². The van der Waals surface area contributed by atoms with Crippen molar-refractivity contribution < 1.29 is 9.32 Å². The summed E-state index contributed by atoms with van der Waals surface area (Å²) in [6.07, 6.45) is 0. The molecule has 0 aliphatic rings. The number of nitrogens with one attached hydrogen (secondary N) is 2.